The molecule has 1 aliphatic carbocycles. The number of aromatic amines is 2. The fourth-order valence-corrected chi connectivity index (χ4v) is 6.26. The Kier molecular flexibility index (Phi) is 5.24. The van der Waals surface area contributed by atoms with Crippen molar-refractivity contribution in [2.45, 2.75) is 34.9 Å². The number of carbonyl (C=O) groups is 1. The van der Waals surface area contributed by atoms with E-state index >= 15 is 0 Å². The number of hydrogen-bond acceptors (Lipinski definition) is 7. The molecule has 1 aliphatic heterocycles. The first kappa shape index (κ1) is 22.1. The van der Waals surface area contributed by atoms with E-state index in [0.717, 1.165) is 44.5 Å². The van der Waals surface area contributed by atoms with Crippen LogP contribution < -0.4 is 4.74 Å². The van der Waals surface area contributed by atoms with E-state index < -0.39 is 0 Å². The zero-order valence-electron chi connectivity index (χ0n) is 20.0. The van der Waals surface area contributed by atoms with Gasteiger partial charge in [0.15, 0.2) is 16.1 Å². The van der Waals surface area contributed by atoms with Crippen LogP contribution in [0.4, 0.5) is 5.82 Å². The number of furan rings is 1. The summed E-state index contributed by atoms with van der Waals surface area (Å²) in [7, 11) is 1.65. The number of rotatable bonds is 5. The molecule has 4 heterocycles. The van der Waals surface area contributed by atoms with Crippen LogP contribution in [0.3, 0.4) is 0 Å². The topological polar surface area (TPSA) is 109 Å². The third-order valence-electron chi connectivity index (χ3n) is 7.24. The molecular formula is C28H23N5O3S. The van der Waals surface area contributed by atoms with Crippen molar-refractivity contribution in [1.29, 1.82) is 0 Å². The number of carbonyl (C=O) groups excluding carboxylic acids is 1. The molecule has 0 bridgehead atoms. The van der Waals surface area contributed by atoms with Crippen LogP contribution in [0.15, 0.2) is 86.5 Å². The molecule has 0 radical (unpaired) electrons. The second kappa shape index (κ2) is 8.77. The fourth-order valence-electron chi connectivity index (χ4n) is 5.49. The van der Waals surface area contributed by atoms with E-state index in [4.69, 9.17) is 14.1 Å². The van der Waals surface area contributed by atoms with E-state index in [1.54, 1.807) is 13.3 Å². The number of H-pyrrole nitrogens is 2. The highest BCUT2D eigenvalue weighted by atomic mass is 32.2. The summed E-state index contributed by atoms with van der Waals surface area (Å²) in [6.45, 7) is 0. The molecular weight excluding hydrogens is 486 g/mol. The lowest BCUT2D eigenvalue weighted by Gasteiger charge is -2.35. The third kappa shape index (κ3) is 3.86. The highest BCUT2D eigenvalue weighted by Crippen LogP contribution is 2.48. The van der Waals surface area contributed by atoms with Gasteiger partial charge in [-0.05, 0) is 66.1 Å². The van der Waals surface area contributed by atoms with E-state index in [1.165, 1.54) is 11.8 Å². The van der Waals surface area contributed by atoms with E-state index in [0.29, 0.717) is 23.8 Å². The Morgan fingerprint density at radius 3 is 2.73 bits per heavy atom. The van der Waals surface area contributed by atoms with E-state index in [1.807, 2.05) is 60.7 Å². The van der Waals surface area contributed by atoms with Gasteiger partial charge < -0.3 is 14.1 Å². The van der Waals surface area contributed by atoms with Crippen LogP contribution in [-0.2, 0) is 4.79 Å². The second-order valence-corrected chi connectivity index (χ2v) is 10.4. The number of imidazole rings is 1. The minimum atomic E-state index is -0.366. The summed E-state index contributed by atoms with van der Waals surface area (Å²) in [5.74, 6) is 1.84. The van der Waals surface area contributed by atoms with E-state index in [2.05, 4.69) is 20.2 Å². The number of ketones is 1. The van der Waals surface area contributed by atoms with Crippen LogP contribution in [0.1, 0.15) is 41.6 Å². The summed E-state index contributed by atoms with van der Waals surface area (Å²) >= 11 is 1.43. The number of methoxy groups -OCH3 is 1. The fraction of sp³-hybridized carbons (Fsp3) is 0.214. The maximum atomic E-state index is 13.6. The molecule has 3 unspecified atom stereocenters. The van der Waals surface area contributed by atoms with Gasteiger partial charge in [-0.25, -0.2) is 9.98 Å². The Morgan fingerprint density at radius 1 is 1.03 bits per heavy atom. The van der Waals surface area contributed by atoms with Crippen molar-refractivity contribution in [2.75, 3.05) is 7.11 Å². The molecule has 2 aliphatic rings. The lowest BCUT2D eigenvalue weighted by Crippen LogP contribution is -2.38. The maximum absolute atomic E-state index is 13.6. The standard InChI is InChI=1S/C28H23N5O3S/c1-35-17-8-6-15(7-9-17)16-12-21-26(22(34)13-16)25(18-14-29-33-27(18)30-21)23-10-11-24(36-23)37-28-31-19-4-2-3-5-20(19)32-28/h2-11,14,16,25-26H,12-13H2,1H3,(H,29,33)(H,31,32). The summed E-state index contributed by atoms with van der Waals surface area (Å²) in [5.41, 5.74) is 4.77. The molecule has 2 aromatic carbocycles. The summed E-state index contributed by atoms with van der Waals surface area (Å²) in [4.78, 5) is 26.5. The Morgan fingerprint density at radius 2 is 1.89 bits per heavy atom. The smallest absolute Gasteiger partial charge is 0.174 e. The number of hydrogen-bond donors (Lipinski definition) is 2. The number of nitrogens with zero attached hydrogens (tertiary/aromatic N) is 3. The number of nitrogens with one attached hydrogen (secondary N) is 2. The quantitative estimate of drug-likeness (QED) is 0.300. The third-order valence-corrected chi connectivity index (χ3v) is 8.05. The summed E-state index contributed by atoms with van der Waals surface area (Å²) in [6, 6.07) is 19.8. The predicted octanol–water partition coefficient (Wildman–Crippen LogP) is 6.02. The molecule has 0 amide bonds. The Bertz CT molecular complexity index is 1610. The van der Waals surface area contributed by atoms with Crippen LogP contribution in [0.2, 0.25) is 0 Å². The van der Waals surface area contributed by atoms with Crippen molar-refractivity contribution in [3.05, 3.63) is 83.7 Å². The first-order valence-electron chi connectivity index (χ1n) is 12.2. The number of Topliss-reactive ketones (excluding diaryl/α,β-unsaturated/α-hetero) is 1. The number of ether oxygens (including phenoxy) is 1. The highest BCUT2D eigenvalue weighted by Gasteiger charge is 2.45. The molecule has 184 valence electrons. The number of aromatic nitrogens is 4. The summed E-state index contributed by atoms with van der Waals surface area (Å²) < 4.78 is 11.6. The van der Waals surface area contributed by atoms with Gasteiger partial charge in [0.1, 0.15) is 17.3 Å². The minimum Gasteiger partial charge on any atom is -0.497 e. The van der Waals surface area contributed by atoms with Gasteiger partial charge >= 0.3 is 0 Å². The normalized spacial score (nSPS) is 20.9. The van der Waals surface area contributed by atoms with Crippen LogP contribution in [0, 0.1) is 5.92 Å². The van der Waals surface area contributed by atoms with Crippen molar-refractivity contribution in [3.8, 4) is 5.75 Å². The maximum Gasteiger partial charge on any atom is 0.174 e. The molecule has 37 heavy (non-hydrogen) atoms. The van der Waals surface area contributed by atoms with Crippen molar-refractivity contribution in [3.63, 3.8) is 0 Å². The summed E-state index contributed by atoms with van der Waals surface area (Å²) in [5, 5.41) is 8.72. The van der Waals surface area contributed by atoms with Crippen molar-refractivity contribution in [2.24, 2.45) is 10.9 Å². The Labute approximate surface area is 216 Å². The largest absolute Gasteiger partial charge is 0.497 e. The molecule has 2 N–H and O–H groups in total. The van der Waals surface area contributed by atoms with Crippen molar-refractivity contribution >= 4 is 40.1 Å². The van der Waals surface area contributed by atoms with Crippen LogP contribution in [0.25, 0.3) is 11.0 Å². The molecule has 8 nitrogen and oxygen atoms in total. The lowest BCUT2D eigenvalue weighted by atomic mass is 9.68. The zero-order chi connectivity index (χ0) is 24.9. The second-order valence-electron chi connectivity index (χ2n) is 9.40. The van der Waals surface area contributed by atoms with Crippen molar-refractivity contribution < 1.29 is 13.9 Å². The van der Waals surface area contributed by atoms with Gasteiger partial charge in [-0.2, -0.15) is 5.10 Å². The van der Waals surface area contributed by atoms with Crippen LogP contribution in [0.5, 0.6) is 5.75 Å². The monoisotopic (exact) mass is 509 g/mol. The minimum absolute atomic E-state index is 0.0781. The molecule has 0 saturated heterocycles. The van der Waals surface area contributed by atoms with Crippen LogP contribution >= 0.6 is 11.8 Å². The van der Waals surface area contributed by atoms with Gasteiger partial charge in [0.05, 0.1) is 36.2 Å². The Hall–Kier alpha value is -4.11. The molecule has 1 fully saturated rings. The highest BCUT2D eigenvalue weighted by molar-refractivity contribution is 7.99. The molecule has 3 atom stereocenters. The number of fused-ring (bicyclic) bond motifs is 3. The number of aliphatic imine (C=N–C) groups is 1. The zero-order valence-corrected chi connectivity index (χ0v) is 20.8. The molecule has 3 aromatic heterocycles. The Balaban J connectivity index is 1.19. The first-order valence-corrected chi connectivity index (χ1v) is 13.0. The molecule has 1 saturated carbocycles. The van der Waals surface area contributed by atoms with Gasteiger partial charge in [0.2, 0.25) is 0 Å². The van der Waals surface area contributed by atoms with Crippen LogP contribution in [-0.4, -0.2) is 38.8 Å². The van der Waals surface area contributed by atoms with Gasteiger partial charge in [-0.1, -0.05) is 24.3 Å². The van der Waals surface area contributed by atoms with Gasteiger partial charge in [-0.3, -0.25) is 9.89 Å². The average Bonchev–Trinajstić information content (AvgIpc) is 3.67. The number of benzene rings is 2. The van der Waals surface area contributed by atoms with Crippen molar-refractivity contribution in [1.82, 2.24) is 20.2 Å². The lowest BCUT2D eigenvalue weighted by molar-refractivity contribution is -0.122. The molecule has 0 spiro atoms. The first-order chi connectivity index (χ1) is 18.2. The van der Waals surface area contributed by atoms with E-state index in [9.17, 15) is 4.79 Å². The van der Waals surface area contributed by atoms with Gasteiger partial charge in [0.25, 0.3) is 0 Å². The molecule has 5 aromatic rings. The average molecular weight is 510 g/mol. The predicted molar refractivity (Wildman–Crippen MR) is 140 cm³/mol. The SMILES string of the molecule is COc1ccc(C2CC(=O)C3C(=Nc4[nH]ncc4C3c3ccc(Sc4nc5ccccc5[nH]4)o3)C2)cc1. The summed E-state index contributed by atoms with van der Waals surface area (Å²) in [6.07, 6.45) is 2.93. The van der Waals surface area contributed by atoms with Gasteiger partial charge in [0, 0.05) is 17.7 Å². The number of para-hydroxylation sites is 2. The molecule has 9 heteroatoms. The van der Waals surface area contributed by atoms with E-state index in [-0.39, 0.29) is 23.5 Å². The molecule has 7 rings (SSSR count). The van der Waals surface area contributed by atoms with Gasteiger partial charge in [-0.15, -0.1) is 0 Å².